The molecule has 9 rings (SSSR count). The number of rotatable bonds is 2. The Hall–Kier alpha value is -5.46. The Labute approximate surface area is 223 Å². The van der Waals surface area contributed by atoms with E-state index in [4.69, 9.17) is 8.83 Å². The van der Waals surface area contributed by atoms with E-state index in [0.717, 1.165) is 71.7 Å². The first-order valence-electron chi connectivity index (χ1n) is 13.0. The summed E-state index contributed by atoms with van der Waals surface area (Å²) in [5, 5.41) is 6.82. The van der Waals surface area contributed by atoms with Crippen LogP contribution in [0.1, 0.15) is 0 Å². The number of nitrogens with zero attached hydrogens (tertiary/aromatic N) is 1. The van der Waals surface area contributed by atoms with Crippen LogP contribution in [-0.4, -0.2) is 4.57 Å². The molecule has 3 aromatic heterocycles. The van der Waals surface area contributed by atoms with E-state index < -0.39 is 0 Å². The van der Waals surface area contributed by atoms with Crippen molar-refractivity contribution >= 4 is 65.7 Å². The average molecular weight is 498 g/mol. The van der Waals surface area contributed by atoms with Gasteiger partial charge >= 0.3 is 0 Å². The van der Waals surface area contributed by atoms with Crippen molar-refractivity contribution in [3.8, 4) is 16.8 Å². The highest BCUT2D eigenvalue weighted by Crippen LogP contribution is 2.39. The minimum absolute atomic E-state index is 0.739. The van der Waals surface area contributed by atoms with Crippen molar-refractivity contribution in [1.82, 2.24) is 4.57 Å². The predicted octanol–water partition coefficient (Wildman–Crippen LogP) is 9.85. The molecule has 0 bridgehead atoms. The zero-order valence-corrected chi connectivity index (χ0v) is 20.7. The van der Waals surface area contributed by atoms with Crippen LogP contribution in [0.5, 0.6) is 0 Å². The number of benzene rings is 5. The maximum atomic E-state index is 6.43. The molecule has 39 heavy (non-hydrogen) atoms. The van der Waals surface area contributed by atoms with Gasteiger partial charge in [0.25, 0.3) is 0 Å². The zero-order chi connectivity index (χ0) is 25.5. The van der Waals surface area contributed by atoms with Crippen LogP contribution in [0.4, 0.5) is 0 Å². The lowest BCUT2D eigenvalue weighted by molar-refractivity contribution is 0.666. The molecule has 3 nitrogen and oxygen atoms in total. The molecule has 0 saturated carbocycles. The number of aromatic nitrogens is 1. The quantitative estimate of drug-likeness (QED) is 0.238. The molecule has 0 N–H and O–H groups in total. The molecule has 180 valence electrons. The van der Waals surface area contributed by atoms with Crippen LogP contribution in [0.3, 0.4) is 0 Å². The van der Waals surface area contributed by atoms with Gasteiger partial charge in [-0.25, -0.2) is 0 Å². The molecule has 0 aliphatic heterocycles. The summed E-state index contributed by atoms with van der Waals surface area (Å²) in [7, 11) is 0. The summed E-state index contributed by atoms with van der Waals surface area (Å²) < 4.78 is 14.7. The third-order valence-corrected chi connectivity index (χ3v) is 7.88. The molecule has 3 heterocycles. The summed E-state index contributed by atoms with van der Waals surface area (Å²) in [4.78, 5) is 0. The first-order chi connectivity index (χ1) is 19.3. The van der Waals surface area contributed by atoms with Crippen LogP contribution in [-0.2, 0) is 0 Å². The molecule has 0 aliphatic carbocycles. The van der Waals surface area contributed by atoms with Crippen molar-refractivity contribution in [1.29, 1.82) is 0 Å². The summed E-state index contributed by atoms with van der Waals surface area (Å²) in [5.74, 6) is 0. The SMILES string of the molecule is c1ccc2c(c#1)oc1ccc(-c3ccc4c(c3)c3ccccc3n4-c3cccc4c3oc3ccccc34)cc12. The van der Waals surface area contributed by atoms with E-state index in [1.165, 1.54) is 10.8 Å². The van der Waals surface area contributed by atoms with Gasteiger partial charge in [-0.05, 0) is 71.8 Å². The summed E-state index contributed by atoms with van der Waals surface area (Å²) in [6.45, 7) is 0. The topological polar surface area (TPSA) is 31.2 Å². The van der Waals surface area contributed by atoms with Crippen molar-refractivity contribution in [3.63, 3.8) is 0 Å². The Balaban J connectivity index is 1.31. The maximum absolute atomic E-state index is 6.43. The van der Waals surface area contributed by atoms with Crippen molar-refractivity contribution < 1.29 is 8.83 Å². The molecule has 0 unspecified atom stereocenters. The van der Waals surface area contributed by atoms with Gasteiger partial charge in [-0.3, -0.25) is 0 Å². The van der Waals surface area contributed by atoms with E-state index in [1.54, 1.807) is 0 Å². The van der Waals surface area contributed by atoms with Gasteiger partial charge in [-0.1, -0.05) is 66.7 Å². The number of para-hydroxylation sites is 3. The highest BCUT2D eigenvalue weighted by molar-refractivity contribution is 6.13. The van der Waals surface area contributed by atoms with Crippen LogP contribution in [0, 0.1) is 12.1 Å². The highest BCUT2D eigenvalue weighted by atomic mass is 16.3. The predicted molar refractivity (Wildman–Crippen MR) is 158 cm³/mol. The molecule has 0 saturated heterocycles. The van der Waals surface area contributed by atoms with E-state index in [2.05, 4.69) is 102 Å². The van der Waals surface area contributed by atoms with Crippen molar-refractivity contribution in [2.45, 2.75) is 0 Å². The number of hydrogen-bond donors (Lipinski definition) is 0. The Morgan fingerprint density at radius 1 is 0.513 bits per heavy atom. The third kappa shape index (κ3) is 2.83. The van der Waals surface area contributed by atoms with Gasteiger partial charge in [0.15, 0.2) is 11.2 Å². The number of fused-ring (bicyclic) bond motifs is 9. The van der Waals surface area contributed by atoms with Crippen molar-refractivity contribution in [3.05, 3.63) is 127 Å². The summed E-state index contributed by atoms with van der Waals surface area (Å²) >= 11 is 0. The van der Waals surface area contributed by atoms with Gasteiger partial charge in [0.1, 0.15) is 11.2 Å². The fraction of sp³-hybridized carbons (Fsp3) is 0. The highest BCUT2D eigenvalue weighted by Gasteiger charge is 2.18. The van der Waals surface area contributed by atoms with Crippen LogP contribution >= 0.6 is 0 Å². The fourth-order valence-electron chi connectivity index (χ4n) is 6.11. The Morgan fingerprint density at radius 2 is 1.26 bits per heavy atom. The van der Waals surface area contributed by atoms with Crippen molar-refractivity contribution in [2.75, 3.05) is 0 Å². The van der Waals surface area contributed by atoms with Crippen molar-refractivity contribution in [2.24, 2.45) is 0 Å². The summed E-state index contributed by atoms with van der Waals surface area (Å²) in [6.07, 6.45) is 0. The molecule has 0 fully saturated rings. The van der Waals surface area contributed by atoms with E-state index >= 15 is 0 Å². The standard InChI is InChI=1S/C36H19NO2/c1-4-12-30-24(8-1)28-20-22(23-17-19-35-29(21-23)26-10-3-5-14-33(26)38-35)16-18-31(28)37(30)32-13-7-11-27-25-9-2-6-15-34(25)39-36(27)32/h1-4,6-13,15-21H. The normalized spacial score (nSPS) is 11.9. The van der Waals surface area contributed by atoms with Gasteiger partial charge in [0.2, 0.25) is 0 Å². The second-order valence-corrected chi connectivity index (χ2v) is 10.00. The Morgan fingerprint density at radius 3 is 2.21 bits per heavy atom. The molecular formula is C36H19NO2. The average Bonchev–Trinajstić information content (AvgIpc) is 3.66. The Bertz CT molecular complexity index is 2400. The molecule has 0 radical (unpaired) electrons. The fourth-order valence-corrected chi connectivity index (χ4v) is 6.11. The molecule has 0 spiro atoms. The molecule has 9 aromatic rings. The second-order valence-electron chi connectivity index (χ2n) is 10.00. The monoisotopic (exact) mass is 497 g/mol. The smallest absolute Gasteiger partial charge is 0.185 e. The lowest BCUT2D eigenvalue weighted by Gasteiger charge is -2.09. The largest absolute Gasteiger partial charge is 0.454 e. The molecule has 0 amide bonds. The number of hydrogen-bond acceptors (Lipinski definition) is 2. The van der Waals surface area contributed by atoms with E-state index in [0.29, 0.717) is 0 Å². The van der Waals surface area contributed by atoms with E-state index in [1.807, 2.05) is 30.3 Å². The van der Waals surface area contributed by atoms with Gasteiger partial charge in [-0.15, -0.1) is 0 Å². The van der Waals surface area contributed by atoms with Crippen LogP contribution in [0.25, 0.3) is 82.5 Å². The van der Waals surface area contributed by atoms with Gasteiger partial charge in [0, 0.05) is 32.3 Å². The Kier molecular flexibility index (Phi) is 3.98. The van der Waals surface area contributed by atoms with Crippen LogP contribution in [0.2, 0.25) is 0 Å². The van der Waals surface area contributed by atoms with E-state index in [9.17, 15) is 0 Å². The zero-order valence-electron chi connectivity index (χ0n) is 20.7. The van der Waals surface area contributed by atoms with E-state index in [-0.39, 0.29) is 0 Å². The summed E-state index contributed by atoms with van der Waals surface area (Å²) in [6, 6.07) is 46.4. The minimum atomic E-state index is 0.739. The first-order valence-corrected chi connectivity index (χ1v) is 13.0. The molecule has 3 heteroatoms. The van der Waals surface area contributed by atoms with Crippen LogP contribution < -0.4 is 0 Å². The third-order valence-electron chi connectivity index (χ3n) is 7.88. The number of furan rings is 2. The van der Waals surface area contributed by atoms with Gasteiger partial charge in [0.05, 0.1) is 16.7 Å². The lowest BCUT2D eigenvalue weighted by Crippen LogP contribution is -1.94. The van der Waals surface area contributed by atoms with Gasteiger partial charge in [-0.2, -0.15) is 0 Å². The first kappa shape index (κ1) is 20.6. The van der Waals surface area contributed by atoms with Gasteiger partial charge < -0.3 is 13.4 Å². The molecule has 0 atom stereocenters. The molecule has 0 aliphatic rings. The summed E-state index contributed by atoms with van der Waals surface area (Å²) in [5.41, 5.74) is 9.06. The van der Waals surface area contributed by atoms with Crippen LogP contribution in [0.15, 0.2) is 124 Å². The minimum Gasteiger partial charge on any atom is -0.454 e. The molecule has 6 aromatic carbocycles. The lowest BCUT2D eigenvalue weighted by atomic mass is 10.0. The maximum Gasteiger partial charge on any atom is 0.185 e. The second kappa shape index (κ2) is 7.54. The molecular weight excluding hydrogens is 478 g/mol.